The van der Waals surface area contributed by atoms with E-state index in [1.165, 1.54) is 0 Å². The molecule has 0 atom stereocenters. The standard InChI is InChI=1S/C17H21N3O/c1-20(2)13-12-18-15-8-10-16(11-9-15)19-17(21)14-6-4-3-5-7-14/h3-11,18H,12-13H2,1-2H3,(H,19,21). The van der Waals surface area contributed by atoms with Crippen molar-refractivity contribution >= 4 is 17.3 Å². The summed E-state index contributed by atoms with van der Waals surface area (Å²) in [7, 11) is 4.09. The molecule has 2 aromatic carbocycles. The van der Waals surface area contributed by atoms with E-state index in [1.54, 1.807) is 12.1 Å². The van der Waals surface area contributed by atoms with Gasteiger partial charge in [0, 0.05) is 30.0 Å². The molecule has 1 amide bonds. The molecule has 0 unspecified atom stereocenters. The Morgan fingerprint density at radius 3 is 2.19 bits per heavy atom. The molecule has 21 heavy (non-hydrogen) atoms. The molecule has 0 fully saturated rings. The number of rotatable bonds is 6. The minimum Gasteiger partial charge on any atom is -0.384 e. The summed E-state index contributed by atoms with van der Waals surface area (Å²) in [5.41, 5.74) is 2.50. The minimum absolute atomic E-state index is 0.0936. The third kappa shape index (κ3) is 4.93. The SMILES string of the molecule is CN(C)CCNc1ccc(NC(=O)c2ccccc2)cc1. The normalized spacial score (nSPS) is 10.4. The van der Waals surface area contributed by atoms with Crippen molar-refractivity contribution in [1.29, 1.82) is 0 Å². The Bertz CT molecular complexity index is 564. The Morgan fingerprint density at radius 1 is 0.952 bits per heavy atom. The van der Waals surface area contributed by atoms with E-state index in [-0.39, 0.29) is 5.91 Å². The van der Waals surface area contributed by atoms with Crippen LogP contribution < -0.4 is 10.6 Å². The van der Waals surface area contributed by atoms with Crippen molar-refractivity contribution in [3.63, 3.8) is 0 Å². The lowest BCUT2D eigenvalue weighted by molar-refractivity contribution is 0.102. The Balaban J connectivity index is 1.89. The monoisotopic (exact) mass is 283 g/mol. The summed E-state index contributed by atoms with van der Waals surface area (Å²) in [6.45, 7) is 1.87. The zero-order chi connectivity index (χ0) is 15.1. The Morgan fingerprint density at radius 2 is 1.57 bits per heavy atom. The fourth-order valence-electron chi connectivity index (χ4n) is 1.89. The lowest BCUT2D eigenvalue weighted by Gasteiger charge is -2.12. The summed E-state index contributed by atoms with van der Waals surface area (Å²) in [6.07, 6.45) is 0. The number of benzene rings is 2. The van der Waals surface area contributed by atoms with Crippen LogP contribution in [0.15, 0.2) is 54.6 Å². The van der Waals surface area contributed by atoms with Gasteiger partial charge in [-0.15, -0.1) is 0 Å². The lowest BCUT2D eigenvalue weighted by Crippen LogP contribution is -2.20. The summed E-state index contributed by atoms with van der Waals surface area (Å²) < 4.78 is 0. The van der Waals surface area contributed by atoms with E-state index >= 15 is 0 Å². The maximum absolute atomic E-state index is 12.0. The molecule has 0 aliphatic heterocycles. The van der Waals surface area contributed by atoms with E-state index < -0.39 is 0 Å². The molecule has 0 aromatic heterocycles. The molecule has 0 saturated heterocycles. The van der Waals surface area contributed by atoms with Crippen LogP contribution in [0.5, 0.6) is 0 Å². The summed E-state index contributed by atoms with van der Waals surface area (Å²) in [5, 5.41) is 6.22. The molecule has 2 N–H and O–H groups in total. The number of nitrogens with zero attached hydrogens (tertiary/aromatic N) is 1. The molecular formula is C17H21N3O. The molecule has 2 rings (SSSR count). The van der Waals surface area contributed by atoms with Crippen LogP contribution in [0.3, 0.4) is 0 Å². The van der Waals surface area contributed by atoms with E-state index in [2.05, 4.69) is 15.5 Å². The first-order chi connectivity index (χ1) is 10.1. The minimum atomic E-state index is -0.0936. The van der Waals surface area contributed by atoms with Crippen LogP contribution in [0.25, 0.3) is 0 Å². The highest BCUT2D eigenvalue weighted by Gasteiger charge is 2.04. The number of carbonyl (C=O) groups excluding carboxylic acids is 1. The topological polar surface area (TPSA) is 44.4 Å². The fraction of sp³-hybridized carbons (Fsp3) is 0.235. The van der Waals surface area contributed by atoms with Gasteiger partial charge in [0.15, 0.2) is 0 Å². The van der Waals surface area contributed by atoms with Crippen LogP contribution in [0.2, 0.25) is 0 Å². The van der Waals surface area contributed by atoms with Gasteiger partial charge in [-0.25, -0.2) is 0 Å². The molecule has 0 radical (unpaired) electrons. The fourth-order valence-corrected chi connectivity index (χ4v) is 1.89. The van der Waals surface area contributed by atoms with Crippen molar-refractivity contribution in [1.82, 2.24) is 4.90 Å². The first kappa shape index (κ1) is 15.1. The predicted octanol–water partition coefficient (Wildman–Crippen LogP) is 2.91. The Kier molecular flexibility index (Phi) is 5.35. The second-order valence-corrected chi connectivity index (χ2v) is 5.13. The molecule has 0 saturated carbocycles. The molecule has 4 nitrogen and oxygen atoms in total. The van der Waals surface area contributed by atoms with Gasteiger partial charge < -0.3 is 15.5 Å². The van der Waals surface area contributed by atoms with Gasteiger partial charge in [-0.2, -0.15) is 0 Å². The van der Waals surface area contributed by atoms with Crippen molar-refractivity contribution in [3.8, 4) is 0 Å². The molecule has 0 spiro atoms. The van der Waals surface area contributed by atoms with E-state index in [0.717, 1.165) is 24.5 Å². The van der Waals surface area contributed by atoms with Gasteiger partial charge in [0.2, 0.25) is 0 Å². The number of anilines is 2. The van der Waals surface area contributed by atoms with Crippen LogP contribution in [0, 0.1) is 0 Å². The highest BCUT2D eigenvalue weighted by Crippen LogP contribution is 2.14. The van der Waals surface area contributed by atoms with Crippen molar-refractivity contribution in [3.05, 3.63) is 60.2 Å². The summed E-state index contributed by atoms with van der Waals surface area (Å²) >= 11 is 0. The summed E-state index contributed by atoms with van der Waals surface area (Å²) in [6, 6.07) is 16.9. The van der Waals surface area contributed by atoms with Gasteiger partial charge in [-0.1, -0.05) is 18.2 Å². The lowest BCUT2D eigenvalue weighted by atomic mass is 10.2. The molecule has 0 aliphatic rings. The number of amides is 1. The van der Waals surface area contributed by atoms with Gasteiger partial charge >= 0.3 is 0 Å². The zero-order valence-corrected chi connectivity index (χ0v) is 12.5. The first-order valence-electron chi connectivity index (χ1n) is 7.00. The van der Waals surface area contributed by atoms with Gasteiger partial charge in [-0.3, -0.25) is 4.79 Å². The number of hydrogen-bond donors (Lipinski definition) is 2. The summed E-state index contributed by atoms with van der Waals surface area (Å²) in [4.78, 5) is 14.1. The molecular weight excluding hydrogens is 262 g/mol. The van der Waals surface area contributed by atoms with Gasteiger partial charge in [0.1, 0.15) is 0 Å². The summed E-state index contributed by atoms with van der Waals surface area (Å²) in [5.74, 6) is -0.0936. The van der Waals surface area contributed by atoms with Crippen LogP contribution in [-0.4, -0.2) is 38.0 Å². The molecule has 0 aliphatic carbocycles. The number of likely N-dealkylation sites (N-methyl/N-ethyl adjacent to an activating group) is 1. The zero-order valence-electron chi connectivity index (χ0n) is 12.5. The number of nitrogens with one attached hydrogen (secondary N) is 2. The maximum atomic E-state index is 12.0. The van der Waals surface area contributed by atoms with Crippen molar-refractivity contribution in [2.24, 2.45) is 0 Å². The second-order valence-electron chi connectivity index (χ2n) is 5.13. The van der Waals surface area contributed by atoms with Crippen molar-refractivity contribution < 1.29 is 4.79 Å². The second kappa shape index (κ2) is 7.45. The maximum Gasteiger partial charge on any atom is 0.255 e. The van der Waals surface area contributed by atoms with E-state index in [4.69, 9.17) is 0 Å². The van der Waals surface area contributed by atoms with Crippen molar-refractivity contribution in [2.45, 2.75) is 0 Å². The van der Waals surface area contributed by atoms with E-state index in [1.807, 2.05) is 56.6 Å². The molecule has 4 heteroatoms. The average Bonchev–Trinajstić information content (AvgIpc) is 2.49. The van der Waals surface area contributed by atoms with Gasteiger partial charge in [0.05, 0.1) is 0 Å². The van der Waals surface area contributed by atoms with E-state index in [0.29, 0.717) is 5.56 Å². The number of hydrogen-bond acceptors (Lipinski definition) is 3. The van der Waals surface area contributed by atoms with Crippen LogP contribution in [0.1, 0.15) is 10.4 Å². The molecule has 0 heterocycles. The molecule has 110 valence electrons. The van der Waals surface area contributed by atoms with Gasteiger partial charge in [-0.05, 0) is 50.5 Å². The Hall–Kier alpha value is -2.33. The third-order valence-corrected chi connectivity index (χ3v) is 3.07. The van der Waals surface area contributed by atoms with E-state index in [9.17, 15) is 4.79 Å². The smallest absolute Gasteiger partial charge is 0.255 e. The van der Waals surface area contributed by atoms with Crippen LogP contribution >= 0.6 is 0 Å². The largest absolute Gasteiger partial charge is 0.384 e. The van der Waals surface area contributed by atoms with Crippen LogP contribution in [0.4, 0.5) is 11.4 Å². The molecule has 2 aromatic rings. The average molecular weight is 283 g/mol. The number of carbonyl (C=O) groups is 1. The first-order valence-corrected chi connectivity index (χ1v) is 7.00. The predicted molar refractivity (Wildman–Crippen MR) is 87.9 cm³/mol. The third-order valence-electron chi connectivity index (χ3n) is 3.07. The highest BCUT2D eigenvalue weighted by molar-refractivity contribution is 6.04. The van der Waals surface area contributed by atoms with Crippen LogP contribution in [-0.2, 0) is 0 Å². The highest BCUT2D eigenvalue weighted by atomic mass is 16.1. The quantitative estimate of drug-likeness (QED) is 0.856. The van der Waals surface area contributed by atoms with Crippen molar-refractivity contribution in [2.75, 3.05) is 37.8 Å². The Labute approximate surface area is 125 Å². The molecule has 0 bridgehead atoms. The van der Waals surface area contributed by atoms with Gasteiger partial charge in [0.25, 0.3) is 5.91 Å².